The molecule has 0 bridgehead atoms. The van der Waals surface area contributed by atoms with Gasteiger partial charge in [-0.15, -0.1) is 0 Å². The van der Waals surface area contributed by atoms with Crippen LogP contribution in [0.2, 0.25) is 0 Å². The van der Waals surface area contributed by atoms with E-state index in [0.717, 1.165) is 11.3 Å². The Hall–Kier alpha value is -2.64. The summed E-state index contributed by atoms with van der Waals surface area (Å²) in [5.74, 6) is 5.12. The number of amides is 1. The molecule has 0 aliphatic rings. The highest BCUT2D eigenvalue weighted by Crippen LogP contribution is 2.16. The van der Waals surface area contributed by atoms with Crippen molar-refractivity contribution >= 4 is 11.6 Å². The number of hydrogen-bond donors (Lipinski definition) is 2. The van der Waals surface area contributed by atoms with Crippen LogP contribution >= 0.6 is 0 Å². The van der Waals surface area contributed by atoms with Crippen LogP contribution in [-0.2, 0) is 0 Å². The van der Waals surface area contributed by atoms with Crippen molar-refractivity contribution in [3.63, 3.8) is 0 Å². The Kier molecular flexibility index (Phi) is 4.70. The van der Waals surface area contributed by atoms with Gasteiger partial charge in [0.1, 0.15) is 6.61 Å². The van der Waals surface area contributed by atoms with E-state index in [0.29, 0.717) is 16.8 Å². The largest absolute Gasteiger partial charge is 0.384 e. The van der Waals surface area contributed by atoms with E-state index in [2.05, 4.69) is 22.1 Å². The number of carbonyl (C=O) groups is 1. The van der Waals surface area contributed by atoms with Crippen molar-refractivity contribution in [3.05, 3.63) is 58.9 Å². The lowest BCUT2D eigenvalue weighted by Crippen LogP contribution is -2.15. The zero-order chi connectivity index (χ0) is 15.2. The van der Waals surface area contributed by atoms with Gasteiger partial charge in [0.05, 0.1) is 16.9 Å². The minimum atomic E-state index is -0.239. The van der Waals surface area contributed by atoms with E-state index in [9.17, 15) is 4.79 Å². The molecule has 1 amide bonds. The van der Waals surface area contributed by atoms with Crippen LogP contribution in [0.3, 0.4) is 0 Å². The summed E-state index contributed by atoms with van der Waals surface area (Å²) in [6.45, 7) is 3.50. The Morgan fingerprint density at radius 2 is 2.14 bits per heavy atom. The fourth-order valence-electron chi connectivity index (χ4n) is 1.90. The average Bonchev–Trinajstić information content (AvgIpc) is 2.48. The van der Waals surface area contributed by atoms with Gasteiger partial charge in [0.2, 0.25) is 0 Å². The Bertz CT molecular complexity index is 727. The van der Waals surface area contributed by atoms with Crippen LogP contribution in [0.15, 0.2) is 36.5 Å². The quantitative estimate of drug-likeness (QED) is 0.830. The smallest absolute Gasteiger partial charge is 0.256 e. The molecular weight excluding hydrogens is 264 g/mol. The molecule has 4 heteroatoms. The van der Waals surface area contributed by atoms with Crippen molar-refractivity contribution in [1.82, 2.24) is 4.98 Å². The maximum atomic E-state index is 12.4. The van der Waals surface area contributed by atoms with E-state index in [1.54, 1.807) is 30.5 Å². The first-order valence-electron chi connectivity index (χ1n) is 6.55. The lowest BCUT2D eigenvalue weighted by Gasteiger charge is -2.09. The first kappa shape index (κ1) is 14.8. The maximum absolute atomic E-state index is 12.4. The monoisotopic (exact) mass is 280 g/mol. The fourth-order valence-corrected chi connectivity index (χ4v) is 1.90. The van der Waals surface area contributed by atoms with Crippen LogP contribution in [0.1, 0.15) is 27.2 Å². The predicted molar refractivity (Wildman–Crippen MR) is 82.1 cm³/mol. The molecule has 21 heavy (non-hydrogen) atoms. The summed E-state index contributed by atoms with van der Waals surface area (Å²) in [5, 5.41) is 11.6. The van der Waals surface area contributed by atoms with Crippen LogP contribution in [0.5, 0.6) is 0 Å². The molecule has 2 aromatic rings. The van der Waals surface area contributed by atoms with Gasteiger partial charge in [0, 0.05) is 11.8 Å². The van der Waals surface area contributed by atoms with Gasteiger partial charge in [-0.3, -0.25) is 9.78 Å². The number of aromatic nitrogens is 1. The van der Waals surface area contributed by atoms with E-state index in [1.165, 1.54) is 0 Å². The van der Waals surface area contributed by atoms with Gasteiger partial charge in [-0.1, -0.05) is 23.5 Å². The Balaban J connectivity index is 2.34. The lowest BCUT2D eigenvalue weighted by atomic mass is 10.0. The molecule has 1 heterocycles. The third-order valence-electron chi connectivity index (χ3n) is 2.98. The summed E-state index contributed by atoms with van der Waals surface area (Å²) in [5.41, 5.74) is 3.47. The SMILES string of the molecule is Cc1ccc(C#CCO)c(C(=O)Nc2cccnc2C)c1. The third-order valence-corrected chi connectivity index (χ3v) is 2.98. The summed E-state index contributed by atoms with van der Waals surface area (Å²) in [6, 6.07) is 9.01. The topological polar surface area (TPSA) is 62.2 Å². The highest BCUT2D eigenvalue weighted by molar-refractivity contribution is 6.06. The van der Waals surface area contributed by atoms with Crippen LogP contribution in [-0.4, -0.2) is 22.6 Å². The first-order chi connectivity index (χ1) is 10.1. The molecule has 1 aromatic heterocycles. The molecule has 0 spiro atoms. The number of nitrogens with zero attached hydrogens (tertiary/aromatic N) is 1. The van der Waals surface area contributed by atoms with Gasteiger partial charge < -0.3 is 10.4 Å². The first-order valence-corrected chi connectivity index (χ1v) is 6.55. The highest BCUT2D eigenvalue weighted by atomic mass is 16.2. The molecule has 0 saturated heterocycles. The molecule has 2 rings (SSSR count). The van der Waals surface area contributed by atoms with E-state index < -0.39 is 0 Å². The number of hydrogen-bond acceptors (Lipinski definition) is 3. The summed E-state index contributed by atoms with van der Waals surface area (Å²) in [6.07, 6.45) is 1.68. The molecule has 0 radical (unpaired) electrons. The molecule has 0 aliphatic heterocycles. The molecule has 0 unspecified atom stereocenters. The molecule has 0 saturated carbocycles. The number of carbonyl (C=O) groups excluding carboxylic acids is 1. The van der Waals surface area contributed by atoms with Crippen LogP contribution in [0.25, 0.3) is 0 Å². The molecule has 4 nitrogen and oxygen atoms in total. The summed E-state index contributed by atoms with van der Waals surface area (Å²) in [4.78, 5) is 16.6. The molecule has 0 aliphatic carbocycles. The van der Waals surface area contributed by atoms with Crippen LogP contribution in [0.4, 0.5) is 5.69 Å². The van der Waals surface area contributed by atoms with E-state index in [1.807, 2.05) is 19.9 Å². The second-order valence-corrected chi connectivity index (χ2v) is 4.60. The number of aryl methyl sites for hydroxylation is 2. The number of pyridine rings is 1. The minimum absolute atomic E-state index is 0.239. The van der Waals surface area contributed by atoms with Crippen molar-refractivity contribution < 1.29 is 9.90 Å². The van der Waals surface area contributed by atoms with Gasteiger partial charge >= 0.3 is 0 Å². The molecule has 0 fully saturated rings. The number of benzene rings is 1. The third kappa shape index (κ3) is 3.68. The molecule has 0 atom stereocenters. The second kappa shape index (κ2) is 6.69. The van der Waals surface area contributed by atoms with Crippen molar-refractivity contribution in [3.8, 4) is 11.8 Å². The minimum Gasteiger partial charge on any atom is -0.384 e. The Labute approximate surface area is 123 Å². The van der Waals surface area contributed by atoms with Crippen molar-refractivity contribution in [2.75, 3.05) is 11.9 Å². The van der Waals surface area contributed by atoms with Crippen molar-refractivity contribution in [2.45, 2.75) is 13.8 Å². The van der Waals surface area contributed by atoms with E-state index >= 15 is 0 Å². The van der Waals surface area contributed by atoms with E-state index in [4.69, 9.17) is 5.11 Å². The summed E-state index contributed by atoms with van der Waals surface area (Å²) in [7, 11) is 0. The number of aliphatic hydroxyl groups is 1. The van der Waals surface area contributed by atoms with Gasteiger partial charge in [-0.05, 0) is 38.1 Å². The van der Waals surface area contributed by atoms with Gasteiger partial charge in [-0.25, -0.2) is 0 Å². The van der Waals surface area contributed by atoms with Gasteiger partial charge in [-0.2, -0.15) is 0 Å². The average molecular weight is 280 g/mol. The van der Waals surface area contributed by atoms with Crippen molar-refractivity contribution in [2.24, 2.45) is 0 Å². The normalized spacial score (nSPS) is 9.67. The highest BCUT2D eigenvalue weighted by Gasteiger charge is 2.12. The van der Waals surface area contributed by atoms with Gasteiger partial charge in [0.15, 0.2) is 0 Å². The zero-order valence-electron chi connectivity index (χ0n) is 12.0. The van der Waals surface area contributed by atoms with Crippen LogP contribution in [0, 0.1) is 25.7 Å². The maximum Gasteiger partial charge on any atom is 0.256 e. The second-order valence-electron chi connectivity index (χ2n) is 4.60. The number of nitrogens with one attached hydrogen (secondary N) is 1. The van der Waals surface area contributed by atoms with Gasteiger partial charge in [0.25, 0.3) is 5.91 Å². The Morgan fingerprint density at radius 1 is 1.33 bits per heavy atom. The zero-order valence-corrected chi connectivity index (χ0v) is 12.0. The number of anilines is 1. The summed E-state index contributed by atoms with van der Waals surface area (Å²) >= 11 is 0. The molecular formula is C17H16N2O2. The van der Waals surface area contributed by atoms with Crippen molar-refractivity contribution in [1.29, 1.82) is 0 Å². The van der Waals surface area contributed by atoms with Crippen LogP contribution < -0.4 is 5.32 Å². The van der Waals surface area contributed by atoms with E-state index in [-0.39, 0.29) is 12.5 Å². The fraction of sp³-hybridized carbons (Fsp3) is 0.176. The number of aliphatic hydroxyl groups excluding tert-OH is 1. The molecule has 106 valence electrons. The molecule has 2 N–H and O–H groups in total. The Morgan fingerprint density at radius 3 is 2.86 bits per heavy atom. The standard InChI is InChI=1S/C17H16N2O2/c1-12-7-8-14(5-4-10-20)15(11-12)17(21)19-16-6-3-9-18-13(16)2/h3,6-9,11,20H,10H2,1-2H3,(H,19,21). The summed E-state index contributed by atoms with van der Waals surface area (Å²) < 4.78 is 0. The molecule has 1 aromatic carbocycles. The predicted octanol–water partition coefficient (Wildman–Crippen LogP) is 2.29. The lowest BCUT2D eigenvalue weighted by molar-refractivity contribution is 0.102. The number of rotatable bonds is 2.